The van der Waals surface area contributed by atoms with Gasteiger partial charge in [0.05, 0.1) is 11.3 Å². The summed E-state index contributed by atoms with van der Waals surface area (Å²) in [6.45, 7) is 6.76. The van der Waals surface area contributed by atoms with E-state index < -0.39 is 17.6 Å². The van der Waals surface area contributed by atoms with Crippen LogP contribution in [0, 0.1) is 5.92 Å². The topological polar surface area (TPSA) is 89.9 Å². The first kappa shape index (κ1) is 25.7. The Balaban J connectivity index is 1.19. The van der Waals surface area contributed by atoms with Gasteiger partial charge in [0.1, 0.15) is 6.04 Å². The zero-order chi connectivity index (χ0) is 27.3. The lowest BCUT2D eigenvalue weighted by molar-refractivity contribution is -0.134. The Hall–Kier alpha value is -3.55. The van der Waals surface area contributed by atoms with Crippen LogP contribution in [0.15, 0.2) is 54.6 Å². The number of amides is 3. The third-order valence-electron chi connectivity index (χ3n) is 8.75. The Bertz CT molecular complexity index is 1450. The Morgan fingerprint density at radius 3 is 2.33 bits per heavy atom. The lowest BCUT2D eigenvalue weighted by atomic mass is 9.83. The molecule has 6 rings (SSSR count). The monoisotopic (exact) mass is 525 g/mol. The fourth-order valence-corrected chi connectivity index (χ4v) is 6.50. The summed E-state index contributed by atoms with van der Waals surface area (Å²) >= 11 is 0. The highest BCUT2D eigenvalue weighted by Crippen LogP contribution is 2.41. The number of carbonyl (C=O) groups is 3. The van der Waals surface area contributed by atoms with Crippen LogP contribution < -0.4 is 10.2 Å². The molecule has 0 bridgehead atoms. The first-order chi connectivity index (χ1) is 18.7. The van der Waals surface area contributed by atoms with Crippen molar-refractivity contribution >= 4 is 34.2 Å². The van der Waals surface area contributed by atoms with Gasteiger partial charge in [-0.1, -0.05) is 42.5 Å². The molecule has 2 N–H and O–H groups in total. The highest BCUT2D eigenvalue weighted by atomic mass is 16.3. The third-order valence-corrected chi connectivity index (χ3v) is 8.75. The minimum Gasteiger partial charge on any atom is -0.390 e. The van der Waals surface area contributed by atoms with Crippen molar-refractivity contribution in [2.24, 2.45) is 5.92 Å². The van der Waals surface area contributed by atoms with Crippen molar-refractivity contribution in [2.45, 2.75) is 64.1 Å². The smallest absolute Gasteiger partial charge is 0.259 e. The van der Waals surface area contributed by atoms with Crippen LogP contribution in [0.2, 0.25) is 0 Å². The standard InChI is InChI=1S/C32H35N3O4/c1-32(2,39)23-14-16-34(17-15-23)19-21-8-6-20(7-9-21)18-22-10-11-26-29-24(22)4-3-5-25(29)31(38)35(26)27-12-13-28(36)33-30(27)37/h3-11,23,27,39H,12-19H2,1-2H3,(H,33,36,37). The summed E-state index contributed by atoms with van der Waals surface area (Å²) in [7, 11) is 0. The molecule has 1 unspecified atom stereocenters. The van der Waals surface area contributed by atoms with Gasteiger partial charge in [-0.25, -0.2) is 0 Å². The van der Waals surface area contributed by atoms with Crippen molar-refractivity contribution in [1.29, 1.82) is 0 Å². The molecule has 3 heterocycles. The third kappa shape index (κ3) is 4.85. The molecule has 0 aliphatic carbocycles. The van der Waals surface area contributed by atoms with Crippen LogP contribution in [0.25, 0.3) is 10.8 Å². The first-order valence-corrected chi connectivity index (χ1v) is 13.9. The molecule has 1 atom stereocenters. The summed E-state index contributed by atoms with van der Waals surface area (Å²) < 4.78 is 0. The summed E-state index contributed by atoms with van der Waals surface area (Å²) in [5.41, 5.74) is 4.37. The van der Waals surface area contributed by atoms with Gasteiger partial charge in [0.15, 0.2) is 0 Å². The quantitative estimate of drug-likeness (QED) is 0.472. The van der Waals surface area contributed by atoms with Gasteiger partial charge < -0.3 is 5.11 Å². The second kappa shape index (κ2) is 9.88. The van der Waals surface area contributed by atoms with E-state index in [9.17, 15) is 19.5 Å². The molecule has 2 fully saturated rings. The minimum absolute atomic E-state index is 0.182. The number of hydrogen-bond acceptors (Lipinski definition) is 5. The van der Waals surface area contributed by atoms with Gasteiger partial charge in [0.25, 0.3) is 5.91 Å². The molecule has 0 saturated carbocycles. The Morgan fingerprint density at radius 2 is 1.64 bits per heavy atom. The SMILES string of the molecule is CC(C)(O)C1CCN(Cc2ccc(Cc3ccc4c5c(cccc35)C(=O)N4C3CCC(=O)NC3=O)cc2)CC1. The first-order valence-electron chi connectivity index (χ1n) is 13.9. The molecular weight excluding hydrogens is 490 g/mol. The maximum absolute atomic E-state index is 13.4. The number of nitrogens with one attached hydrogen (secondary N) is 1. The Labute approximate surface area is 228 Å². The molecule has 3 aliphatic rings. The number of rotatable bonds is 6. The number of nitrogens with zero attached hydrogens (tertiary/aromatic N) is 2. The molecule has 39 heavy (non-hydrogen) atoms. The van der Waals surface area contributed by atoms with Crippen molar-refractivity contribution in [3.8, 4) is 0 Å². The Kier molecular flexibility index (Phi) is 6.52. The van der Waals surface area contributed by atoms with Gasteiger partial charge in [-0.2, -0.15) is 0 Å². The van der Waals surface area contributed by atoms with Crippen LogP contribution >= 0.6 is 0 Å². The average molecular weight is 526 g/mol. The van der Waals surface area contributed by atoms with E-state index >= 15 is 0 Å². The summed E-state index contributed by atoms with van der Waals surface area (Å²) in [5, 5.41) is 14.6. The second-order valence-electron chi connectivity index (χ2n) is 11.8. The Morgan fingerprint density at radius 1 is 0.923 bits per heavy atom. The molecule has 2 saturated heterocycles. The largest absolute Gasteiger partial charge is 0.390 e. The number of piperidine rings is 2. The fourth-order valence-electron chi connectivity index (χ4n) is 6.50. The van der Waals surface area contributed by atoms with Crippen molar-refractivity contribution in [1.82, 2.24) is 10.2 Å². The van der Waals surface area contributed by atoms with E-state index in [2.05, 4.69) is 40.5 Å². The molecule has 0 spiro atoms. The van der Waals surface area contributed by atoms with Gasteiger partial charge >= 0.3 is 0 Å². The minimum atomic E-state index is -0.676. The van der Waals surface area contributed by atoms with Crippen molar-refractivity contribution in [3.63, 3.8) is 0 Å². The maximum atomic E-state index is 13.4. The van der Waals surface area contributed by atoms with Crippen molar-refractivity contribution < 1.29 is 19.5 Å². The van der Waals surface area contributed by atoms with E-state index in [1.807, 2.05) is 38.1 Å². The lowest BCUT2D eigenvalue weighted by Crippen LogP contribution is -2.53. The number of hydrogen-bond donors (Lipinski definition) is 2. The number of aliphatic hydroxyl groups is 1. The van der Waals surface area contributed by atoms with E-state index in [-0.39, 0.29) is 18.2 Å². The number of carbonyl (C=O) groups excluding carboxylic acids is 3. The second-order valence-corrected chi connectivity index (χ2v) is 11.8. The number of benzene rings is 3. The van der Waals surface area contributed by atoms with Crippen molar-refractivity contribution in [3.05, 3.63) is 76.9 Å². The molecule has 3 aromatic carbocycles. The molecule has 0 radical (unpaired) electrons. The molecular formula is C32H35N3O4. The molecule has 0 aromatic heterocycles. The van der Waals surface area contributed by atoms with Gasteiger partial charge in [0, 0.05) is 23.9 Å². The zero-order valence-electron chi connectivity index (χ0n) is 22.6. The van der Waals surface area contributed by atoms with Crippen LogP contribution in [-0.2, 0) is 22.6 Å². The van der Waals surface area contributed by atoms with Gasteiger partial charge in [-0.15, -0.1) is 0 Å². The van der Waals surface area contributed by atoms with Crippen LogP contribution in [-0.4, -0.2) is 52.5 Å². The maximum Gasteiger partial charge on any atom is 0.259 e. The summed E-state index contributed by atoms with van der Waals surface area (Å²) in [6.07, 6.45) is 3.35. The van der Waals surface area contributed by atoms with E-state index in [4.69, 9.17) is 0 Å². The van der Waals surface area contributed by atoms with Crippen LogP contribution in [0.1, 0.15) is 66.6 Å². The summed E-state index contributed by atoms with van der Waals surface area (Å²) in [4.78, 5) is 41.7. The number of imide groups is 1. The molecule has 202 valence electrons. The van der Waals surface area contributed by atoms with E-state index in [0.717, 1.165) is 60.9 Å². The molecule has 3 aromatic rings. The highest BCUT2D eigenvalue weighted by Gasteiger charge is 2.40. The van der Waals surface area contributed by atoms with E-state index in [1.165, 1.54) is 11.1 Å². The summed E-state index contributed by atoms with van der Waals surface area (Å²) in [5.74, 6) is -0.521. The summed E-state index contributed by atoms with van der Waals surface area (Å²) in [6, 6.07) is 17.9. The van der Waals surface area contributed by atoms with Gasteiger partial charge in [-0.3, -0.25) is 29.5 Å². The molecule has 7 heteroatoms. The number of anilines is 1. The highest BCUT2D eigenvalue weighted by molar-refractivity contribution is 6.27. The number of likely N-dealkylation sites (tertiary alicyclic amines) is 1. The normalized spacial score (nSPS) is 20.6. The van der Waals surface area contributed by atoms with Crippen molar-refractivity contribution in [2.75, 3.05) is 18.0 Å². The predicted octanol–water partition coefficient (Wildman–Crippen LogP) is 4.18. The molecule has 3 amide bonds. The van der Waals surface area contributed by atoms with Crippen LogP contribution in [0.4, 0.5) is 5.69 Å². The fraction of sp³-hybridized carbons (Fsp3) is 0.406. The molecule has 7 nitrogen and oxygen atoms in total. The lowest BCUT2D eigenvalue weighted by Gasteiger charge is -2.37. The van der Waals surface area contributed by atoms with Crippen LogP contribution in [0.5, 0.6) is 0 Å². The van der Waals surface area contributed by atoms with E-state index in [0.29, 0.717) is 17.9 Å². The van der Waals surface area contributed by atoms with Crippen LogP contribution in [0.3, 0.4) is 0 Å². The molecule has 3 aliphatic heterocycles. The predicted molar refractivity (Wildman–Crippen MR) is 150 cm³/mol. The zero-order valence-corrected chi connectivity index (χ0v) is 22.6. The van der Waals surface area contributed by atoms with Gasteiger partial charge in [-0.05, 0) is 92.7 Å². The average Bonchev–Trinajstić information content (AvgIpc) is 3.19. The van der Waals surface area contributed by atoms with Gasteiger partial charge in [0.2, 0.25) is 11.8 Å². The van der Waals surface area contributed by atoms with E-state index in [1.54, 1.807) is 4.90 Å².